The van der Waals surface area contributed by atoms with Crippen LogP contribution < -0.4 is 21.1 Å². The number of para-hydroxylation sites is 1. The zero-order chi connectivity index (χ0) is 16.1. The SMILES string of the molecule is O=C(Nc1ccccc1)Nc1cc(N([O-])[O-])cc(N(O)O)c1. The highest BCUT2D eigenvalue weighted by atomic mass is 16.8. The second kappa shape index (κ2) is 6.74. The van der Waals surface area contributed by atoms with Gasteiger partial charge in [-0.15, -0.1) is 5.23 Å². The van der Waals surface area contributed by atoms with Gasteiger partial charge in [-0.05, 0) is 30.3 Å². The zero-order valence-electron chi connectivity index (χ0n) is 11.1. The van der Waals surface area contributed by atoms with Gasteiger partial charge < -0.3 is 26.3 Å². The van der Waals surface area contributed by atoms with Crippen LogP contribution in [0.1, 0.15) is 0 Å². The second-order valence-corrected chi connectivity index (χ2v) is 4.23. The van der Waals surface area contributed by atoms with E-state index in [1.807, 2.05) is 0 Å². The minimum absolute atomic E-state index is 0.0331. The lowest BCUT2D eigenvalue weighted by Gasteiger charge is -2.38. The van der Waals surface area contributed by atoms with E-state index in [0.29, 0.717) is 5.69 Å². The van der Waals surface area contributed by atoms with Crippen molar-refractivity contribution in [1.82, 2.24) is 0 Å². The first-order chi connectivity index (χ1) is 10.5. The Hall–Kier alpha value is -2.85. The lowest BCUT2D eigenvalue weighted by Crippen LogP contribution is -2.20. The Morgan fingerprint density at radius 3 is 2.09 bits per heavy atom. The Morgan fingerprint density at radius 1 is 0.909 bits per heavy atom. The molecule has 0 aliphatic carbocycles. The van der Waals surface area contributed by atoms with Gasteiger partial charge in [0.05, 0.1) is 5.69 Å². The summed E-state index contributed by atoms with van der Waals surface area (Å²) >= 11 is 0. The first-order valence-electron chi connectivity index (χ1n) is 6.06. The minimum atomic E-state index is -0.715. The van der Waals surface area contributed by atoms with Crippen LogP contribution in [0.15, 0.2) is 48.5 Å². The van der Waals surface area contributed by atoms with Crippen molar-refractivity contribution in [2.24, 2.45) is 0 Å². The van der Waals surface area contributed by atoms with E-state index in [9.17, 15) is 15.2 Å². The quantitative estimate of drug-likeness (QED) is 0.638. The predicted molar refractivity (Wildman–Crippen MR) is 80.8 cm³/mol. The van der Waals surface area contributed by atoms with Gasteiger partial charge in [0.15, 0.2) is 0 Å². The topological polar surface area (TPSA) is 134 Å². The third-order valence-electron chi connectivity index (χ3n) is 2.63. The van der Waals surface area contributed by atoms with E-state index in [4.69, 9.17) is 10.4 Å². The van der Waals surface area contributed by atoms with Crippen LogP contribution in [-0.2, 0) is 0 Å². The fourth-order valence-corrected chi connectivity index (χ4v) is 1.70. The van der Waals surface area contributed by atoms with Crippen molar-refractivity contribution >= 4 is 28.8 Å². The van der Waals surface area contributed by atoms with Crippen molar-refractivity contribution < 1.29 is 15.2 Å². The molecule has 0 saturated carbocycles. The number of nitrogens with zero attached hydrogens (tertiary/aromatic N) is 2. The van der Waals surface area contributed by atoms with Crippen LogP contribution in [0.5, 0.6) is 0 Å². The summed E-state index contributed by atoms with van der Waals surface area (Å²) in [4.78, 5) is 11.8. The molecule has 2 aromatic carbocycles. The molecule has 0 aromatic heterocycles. The number of rotatable bonds is 4. The van der Waals surface area contributed by atoms with Crippen molar-refractivity contribution in [1.29, 1.82) is 0 Å². The van der Waals surface area contributed by atoms with Crippen molar-refractivity contribution in [2.45, 2.75) is 0 Å². The third kappa shape index (κ3) is 4.07. The molecule has 4 N–H and O–H groups in total. The number of carbonyl (C=O) groups is 1. The molecule has 0 saturated heterocycles. The zero-order valence-corrected chi connectivity index (χ0v) is 11.1. The normalized spacial score (nSPS) is 10.0. The van der Waals surface area contributed by atoms with Gasteiger partial charge in [-0.2, -0.15) is 0 Å². The molecule has 0 fully saturated rings. The van der Waals surface area contributed by atoms with E-state index < -0.39 is 16.9 Å². The molecule has 0 bridgehead atoms. The number of urea groups is 1. The Labute approximate surface area is 125 Å². The van der Waals surface area contributed by atoms with Gasteiger partial charge >= 0.3 is 6.03 Å². The molecule has 9 heteroatoms. The lowest BCUT2D eigenvalue weighted by atomic mass is 10.2. The first-order valence-corrected chi connectivity index (χ1v) is 6.06. The largest absolute Gasteiger partial charge is 0.769 e. The second-order valence-electron chi connectivity index (χ2n) is 4.23. The highest BCUT2D eigenvalue weighted by Gasteiger charge is 2.07. The minimum Gasteiger partial charge on any atom is -0.769 e. The Balaban J connectivity index is 2.16. The number of carbonyl (C=O) groups excluding carboxylic acids is 1. The van der Waals surface area contributed by atoms with Crippen molar-refractivity contribution in [3.8, 4) is 0 Å². The number of nitrogens with one attached hydrogen (secondary N) is 2. The maximum atomic E-state index is 11.8. The Morgan fingerprint density at radius 2 is 1.50 bits per heavy atom. The highest BCUT2D eigenvalue weighted by Crippen LogP contribution is 2.26. The molecule has 22 heavy (non-hydrogen) atoms. The fraction of sp³-hybridized carbons (Fsp3) is 0. The molecule has 0 spiro atoms. The van der Waals surface area contributed by atoms with Crippen LogP contribution in [0, 0.1) is 10.4 Å². The Bertz CT molecular complexity index is 622. The monoisotopic (exact) mass is 304 g/mol. The standard InChI is InChI=1S/C13H12N4O5/c18-13(14-9-4-2-1-3-5-9)15-10-6-11(16(19)20)8-12(7-10)17(21)22/h1-8,19-20H,(H2,14,15,18)/q-2. The molecule has 0 unspecified atom stereocenters. The molecule has 2 amide bonds. The molecule has 0 atom stereocenters. The summed E-state index contributed by atoms with van der Waals surface area (Å²) in [5.41, 5.74) is -0.0906. The fourth-order valence-electron chi connectivity index (χ4n) is 1.70. The van der Waals surface area contributed by atoms with Gasteiger partial charge in [0.25, 0.3) is 0 Å². The first kappa shape index (κ1) is 15.5. The summed E-state index contributed by atoms with van der Waals surface area (Å²) in [6, 6.07) is 11.2. The summed E-state index contributed by atoms with van der Waals surface area (Å²) in [5, 5.41) is 43.4. The van der Waals surface area contributed by atoms with E-state index in [-0.39, 0.29) is 16.6 Å². The smallest absolute Gasteiger partial charge is 0.323 e. The number of anilines is 4. The van der Waals surface area contributed by atoms with Gasteiger partial charge in [-0.1, -0.05) is 18.2 Å². The number of benzene rings is 2. The van der Waals surface area contributed by atoms with Crippen molar-refractivity contribution in [3.05, 3.63) is 58.9 Å². The molecule has 0 heterocycles. The molecule has 2 rings (SSSR count). The van der Waals surface area contributed by atoms with Crippen LogP contribution in [0.4, 0.5) is 27.5 Å². The third-order valence-corrected chi connectivity index (χ3v) is 2.63. The van der Waals surface area contributed by atoms with Crippen LogP contribution in [-0.4, -0.2) is 16.4 Å². The van der Waals surface area contributed by atoms with Crippen LogP contribution in [0.3, 0.4) is 0 Å². The van der Waals surface area contributed by atoms with Crippen LogP contribution in [0.25, 0.3) is 0 Å². The van der Waals surface area contributed by atoms with Gasteiger partial charge in [-0.25, -0.2) is 4.79 Å². The van der Waals surface area contributed by atoms with Crippen LogP contribution in [0.2, 0.25) is 0 Å². The van der Waals surface area contributed by atoms with E-state index in [0.717, 1.165) is 18.2 Å². The average Bonchev–Trinajstić information content (AvgIpc) is 2.47. The molecule has 116 valence electrons. The number of hydrogen-bond donors (Lipinski definition) is 4. The lowest BCUT2D eigenvalue weighted by molar-refractivity contribution is 0.0292. The molecular formula is C13H12N4O5-2. The Kier molecular flexibility index (Phi) is 4.76. The van der Waals surface area contributed by atoms with Gasteiger partial charge in [0.1, 0.15) is 0 Å². The molecule has 0 aliphatic rings. The van der Waals surface area contributed by atoms with E-state index in [2.05, 4.69) is 10.6 Å². The molecule has 0 aliphatic heterocycles. The highest BCUT2D eigenvalue weighted by molar-refractivity contribution is 6.00. The van der Waals surface area contributed by atoms with E-state index in [1.165, 1.54) is 0 Å². The summed E-state index contributed by atoms with van der Waals surface area (Å²) in [6.45, 7) is 0. The van der Waals surface area contributed by atoms with Crippen LogP contribution >= 0.6 is 0 Å². The molecule has 2 aromatic rings. The average molecular weight is 304 g/mol. The van der Waals surface area contributed by atoms with Gasteiger partial charge in [0.2, 0.25) is 0 Å². The maximum Gasteiger partial charge on any atom is 0.323 e. The van der Waals surface area contributed by atoms with Crippen molar-refractivity contribution in [2.75, 3.05) is 21.1 Å². The maximum absolute atomic E-state index is 11.8. The van der Waals surface area contributed by atoms with Gasteiger partial charge in [-0.3, -0.25) is 10.4 Å². The predicted octanol–water partition coefficient (Wildman–Crippen LogP) is 2.72. The molecule has 9 nitrogen and oxygen atoms in total. The number of amides is 2. The number of hydrogen-bond acceptors (Lipinski definition) is 7. The van der Waals surface area contributed by atoms with E-state index >= 15 is 0 Å². The summed E-state index contributed by atoms with van der Waals surface area (Å²) in [6.07, 6.45) is 0. The molecule has 0 radical (unpaired) electrons. The van der Waals surface area contributed by atoms with Crippen molar-refractivity contribution in [3.63, 3.8) is 0 Å². The van der Waals surface area contributed by atoms with E-state index in [1.54, 1.807) is 30.3 Å². The summed E-state index contributed by atoms with van der Waals surface area (Å²) < 4.78 is 0. The summed E-state index contributed by atoms with van der Waals surface area (Å²) in [7, 11) is 0. The van der Waals surface area contributed by atoms with Gasteiger partial charge in [0, 0.05) is 17.1 Å². The molecular weight excluding hydrogens is 292 g/mol. The summed E-state index contributed by atoms with van der Waals surface area (Å²) in [5.74, 6) is 0.